The number of benzene rings is 1. The van der Waals surface area contributed by atoms with Crippen molar-refractivity contribution in [1.82, 2.24) is 25.2 Å². The van der Waals surface area contributed by atoms with Gasteiger partial charge in [0.25, 0.3) is 5.56 Å². The quantitative estimate of drug-likeness (QED) is 0.618. The van der Waals surface area contributed by atoms with Gasteiger partial charge in [-0.25, -0.2) is 4.68 Å². The van der Waals surface area contributed by atoms with E-state index in [0.29, 0.717) is 13.2 Å². The van der Waals surface area contributed by atoms with Crippen molar-refractivity contribution in [1.29, 1.82) is 0 Å². The van der Waals surface area contributed by atoms with E-state index in [1.165, 1.54) is 16.9 Å². The van der Waals surface area contributed by atoms with Crippen molar-refractivity contribution in [3.63, 3.8) is 0 Å². The normalized spacial score (nSPS) is 16.3. The highest BCUT2D eigenvalue weighted by molar-refractivity contribution is 5.79. The van der Waals surface area contributed by atoms with E-state index in [-0.39, 0.29) is 11.6 Å². The summed E-state index contributed by atoms with van der Waals surface area (Å²) in [5.41, 5.74) is 2.78. The van der Waals surface area contributed by atoms with Crippen molar-refractivity contribution >= 4 is 10.9 Å². The zero-order valence-corrected chi connectivity index (χ0v) is 17.1. The van der Waals surface area contributed by atoms with Crippen molar-refractivity contribution in [2.24, 2.45) is 0 Å². The van der Waals surface area contributed by atoms with Gasteiger partial charge in [0.15, 0.2) is 6.04 Å². The van der Waals surface area contributed by atoms with Gasteiger partial charge in [0.2, 0.25) is 5.82 Å². The molecule has 2 aromatic heterocycles. The molecule has 1 atom stereocenters. The molecule has 4 rings (SSSR count). The molecule has 0 unspecified atom stereocenters. The number of likely N-dealkylation sites (tertiary alicyclic amines) is 1. The number of methoxy groups -OCH3 is 1. The molecule has 1 aromatic carbocycles. The fraction of sp³-hybridized carbons (Fsp3) is 0.524. The number of ether oxygens (including phenoxy) is 1. The monoisotopic (exact) mass is 397 g/mol. The van der Waals surface area contributed by atoms with Crippen LogP contribution >= 0.6 is 0 Å². The minimum absolute atomic E-state index is 0.0638. The Kier molecular flexibility index (Phi) is 6.01. The van der Waals surface area contributed by atoms with Crippen molar-refractivity contribution < 1.29 is 9.64 Å². The van der Waals surface area contributed by atoms with E-state index in [2.05, 4.69) is 39.6 Å². The lowest BCUT2D eigenvalue weighted by Crippen LogP contribution is -3.13. The number of quaternary nitrogens is 1. The van der Waals surface area contributed by atoms with E-state index < -0.39 is 0 Å². The van der Waals surface area contributed by atoms with Crippen LogP contribution < -0.4 is 10.5 Å². The van der Waals surface area contributed by atoms with Gasteiger partial charge in [-0.1, -0.05) is 13.0 Å². The first kappa shape index (κ1) is 19.7. The predicted octanol–water partition coefficient (Wildman–Crippen LogP) is 0.882. The molecule has 1 aliphatic heterocycles. The number of hydrogen-bond donors (Lipinski definition) is 2. The molecule has 0 amide bonds. The Morgan fingerprint density at radius 1 is 1.24 bits per heavy atom. The lowest BCUT2D eigenvalue weighted by Gasteiger charge is -2.30. The summed E-state index contributed by atoms with van der Waals surface area (Å²) < 4.78 is 7.00. The lowest BCUT2D eigenvalue weighted by molar-refractivity contribution is -0.931. The number of aromatic amines is 1. The summed E-state index contributed by atoms with van der Waals surface area (Å²) in [6.07, 6.45) is 4.49. The van der Waals surface area contributed by atoms with E-state index in [9.17, 15) is 4.79 Å². The van der Waals surface area contributed by atoms with Gasteiger partial charge >= 0.3 is 0 Å². The fourth-order valence-corrected chi connectivity index (χ4v) is 4.30. The number of nitrogens with zero attached hydrogens (tertiary/aromatic N) is 4. The summed E-state index contributed by atoms with van der Waals surface area (Å²) in [5, 5.41) is 13.5. The molecule has 154 valence electrons. The molecule has 0 aliphatic carbocycles. The first-order chi connectivity index (χ1) is 14.2. The number of rotatable bonds is 7. The second kappa shape index (κ2) is 8.84. The number of fused-ring (bicyclic) bond motifs is 1. The van der Waals surface area contributed by atoms with E-state index in [1.807, 2.05) is 12.1 Å². The molecule has 29 heavy (non-hydrogen) atoms. The zero-order chi connectivity index (χ0) is 20.2. The molecule has 1 aliphatic rings. The Morgan fingerprint density at radius 3 is 2.83 bits per heavy atom. The van der Waals surface area contributed by atoms with Crippen LogP contribution in [0.2, 0.25) is 0 Å². The Balaban J connectivity index is 1.83. The van der Waals surface area contributed by atoms with E-state index in [0.717, 1.165) is 54.6 Å². The van der Waals surface area contributed by atoms with Crippen LogP contribution in [0.1, 0.15) is 49.2 Å². The standard InChI is InChI=1S/C21H28N6O2/c1-3-15-7-8-18-16(13-15)14-17(21(28)22-18)19(26-9-5-4-6-10-26)20-23-24-25-27(20)11-12-29-2/h7-8,13-14,19H,3-6,9-12H2,1-2H3,(H,22,28)/p+1/t19-/m0/s1. The number of H-pyrrole nitrogens is 1. The van der Waals surface area contributed by atoms with Crippen LogP contribution in [0, 0.1) is 0 Å². The molecule has 1 saturated heterocycles. The number of aromatic nitrogens is 5. The van der Waals surface area contributed by atoms with E-state index in [4.69, 9.17) is 4.74 Å². The maximum atomic E-state index is 13.1. The highest BCUT2D eigenvalue weighted by Gasteiger charge is 2.34. The largest absolute Gasteiger partial charge is 0.383 e. The number of aryl methyl sites for hydroxylation is 1. The third-order valence-corrected chi connectivity index (χ3v) is 5.89. The van der Waals surface area contributed by atoms with Crippen LogP contribution in [0.5, 0.6) is 0 Å². The molecule has 0 bridgehead atoms. The average Bonchev–Trinajstić information content (AvgIpc) is 3.21. The van der Waals surface area contributed by atoms with Crippen LogP contribution in [-0.4, -0.2) is 52.0 Å². The zero-order valence-electron chi connectivity index (χ0n) is 17.1. The SMILES string of the molecule is CCc1ccc2[nH]c(=O)c([C@@H](c3nnnn3CCOC)[NH+]3CCCCC3)cc2c1. The Labute approximate surface area is 169 Å². The first-order valence-corrected chi connectivity index (χ1v) is 10.5. The minimum Gasteiger partial charge on any atom is -0.383 e. The van der Waals surface area contributed by atoms with Gasteiger partial charge in [-0.05, 0) is 65.3 Å². The molecule has 0 radical (unpaired) electrons. The van der Waals surface area contributed by atoms with Crippen molar-refractivity contribution in [3.8, 4) is 0 Å². The highest BCUT2D eigenvalue weighted by atomic mass is 16.5. The highest BCUT2D eigenvalue weighted by Crippen LogP contribution is 2.20. The maximum Gasteiger partial charge on any atom is 0.258 e. The van der Waals surface area contributed by atoms with Gasteiger partial charge in [-0.15, -0.1) is 5.10 Å². The molecule has 3 heterocycles. The Bertz CT molecular complexity index is 1020. The molecule has 8 nitrogen and oxygen atoms in total. The number of pyridine rings is 1. The second-order valence-corrected chi connectivity index (χ2v) is 7.73. The number of tetrazole rings is 1. The smallest absolute Gasteiger partial charge is 0.258 e. The van der Waals surface area contributed by atoms with Crippen molar-refractivity contribution in [2.75, 3.05) is 26.8 Å². The third kappa shape index (κ3) is 4.09. The van der Waals surface area contributed by atoms with Crippen LogP contribution in [0.3, 0.4) is 0 Å². The van der Waals surface area contributed by atoms with Crippen LogP contribution in [-0.2, 0) is 17.7 Å². The topological polar surface area (TPSA) is 90.1 Å². The second-order valence-electron chi connectivity index (χ2n) is 7.73. The molecular formula is C21H29N6O2+. The van der Waals surface area contributed by atoms with E-state index >= 15 is 0 Å². The van der Waals surface area contributed by atoms with Crippen molar-refractivity contribution in [3.05, 3.63) is 51.6 Å². The summed E-state index contributed by atoms with van der Waals surface area (Å²) >= 11 is 0. The van der Waals surface area contributed by atoms with E-state index in [1.54, 1.807) is 11.8 Å². The first-order valence-electron chi connectivity index (χ1n) is 10.5. The summed E-state index contributed by atoms with van der Waals surface area (Å²) in [6.45, 7) is 5.24. The van der Waals surface area contributed by atoms with Gasteiger partial charge < -0.3 is 14.6 Å². The van der Waals surface area contributed by atoms with Crippen molar-refractivity contribution in [2.45, 2.75) is 45.2 Å². The molecule has 8 heteroatoms. The number of nitrogens with one attached hydrogen (secondary N) is 2. The molecule has 3 aromatic rings. The molecular weight excluding hydrogens is 368 g/mol. The van der Waals surface area contributed by atoms with Gasteiger partial charge in [0.05, 0.1) is 31.8 Å². The van der Waals surface area contributed by atoms with Gasteiger partial charge in [0, 0.05) is 12.6 Å². The fourth-order valence-electron chi connectivity index (χ4n) is 4.30. The molecule has 0 saturated carbocycles. The summed E-state index contributed by atoms with van der Waals surface area (Å²) in [6, 6.07) is 8.06. The summed E-state index contributed by atoms with van der Waals surface area (Å²) in [7, 11) is 1.66. The Hall–Kier alpha value is -2.58. The van der Waals surface area contributed by atoms with Crippen LogP contribution in [0.25, 0.3) is 10.9 Å². The maximum absolute atomic E-state index is 13.1. The molecule has 1 fully saturated rings. The number of piperidine rings is 1. The molecule has 0 spiro atoms. The van der Waals surface area contributed by atoms with Crippen LogP contribution in [0.15, 0.2) is 29.1 Å². The van der Waals surface area contributed by atoms with Gasteiger partial charge in [0.1, 0.15) is 0 Å². The minimum atomic E-state index is -0.194. The Morgan fingerprint density at radius 2 is 2.07 bits per heavy atom. The van der Waals surface area contributed by atoms with Gasteiger partial charge in [-0.2, -0.15) is 0 Å². The van der Waals surface area contributed by atoms with Crippen LogP contribution in [0.4, 0.5) is 0 Å². The average molecular weight is 398 g/mol. The van der Waals surface area contributed by atoms with Gasteiger partial charge in [-0.3, -0.25) is 4.79 Å². The number of hydrogen-bond acceptors (Lipinski definition) is 5. The lowest BCUT2D eigenvalue weighted by atomic mass is 9.99. The predicted molar refractivity (Wildman–Crippen MR) is 110 cm³/mol. The third-order valence-electron chi connectivity index (χ3n) is 5.89. The molecule has 2 N–H and O–H groups in total. The summed E-state index contributed by atoms with van der Waals surface area (Å²) in [5.74, 6) is 0.732. The summed E-state index contributed by atoms with van der Waals surface area (Å²) in [4.78, 5) is 17.6.